The fourth-order valence-electron chi connectivity index (χ4n) is 3.67. The van der Waals surface area contributed by atoms with Gasteiger partial charge in [-0.3, -0.25) is 4.79 Å². The van der Waals surface area contributed by atoms with Crippen molar-refractivity contribution in [2.75, 3.05) is 29.9 Å². The fraction of sp³-hybridized carbons (Fsp3) is 0.364. The maximum Gasteiger partial charge on any atom is 0.416 e. The first-order valence-corrected chi connectivity index (χ1v) is 10.9. The van der Waals surface area contributed by atoms with E-state index < -0.39 is 11.7 Å². The van der Waals surface area contributed by atoms with E-state index in [2.05, 4.69) is 15.2 Å². The number of ether oxygens (including phenoxy) is 1. The van der Waals surface area contributed by atoms with Gasteiger partial charge in [0.05, 0.1) is 28.3 Å². The maximum absolute atomic E-state index is 12.9. The Bertz CT molecular complexity index is 1080. The number of nitrogens with one attached hydrogen (secondary N) is 1. The van der Waals surface area contributed by atoms with Crippen LogP contribution in [0.5, 0.6) is 5.75 Å². The number of anilines is 2. The number of benzene rings is 2. The Morgan fingerprint density at radius 2 is 2.13 bits per heavy atom. The Labute approximate surface area is 181 Å². The number of rotatable bonds is 5. The number of hydrogen-bond acceptors (Lipinski definition) is 5. The average molecular weight is 449 g/mol. The number of alkyl halides is 3. The van der Waals surface area contributed by atoms with E-state index in [1.54, 1.807) is 11.3 Å². The normalized spacial score (nSPS) is 17.0. The molecule has 5 nitrogen and oxygen atoms in total. The van der Waals surface area contributed by atoms with Gasteiger partial charge in [-0.25, -0.2) is 4.98 Å². The number of halogens is 3. The number of carbonyl (C=O) groups is 1. The summed E-state index contributed by atoms with van der Waals surface area (Å²) in [6.07, 6.45) is -2.96. The number of amides is 1. The molecular formula is C22H22F3N3O2S. The topological polar surface area (TPSA) is 54.5 Å². The number of thiazole rings is 1. The number of fused-ring (bicyclic) bond motifs is 1. The van der Waals surface area contributed by atoms with Crippen LogP contribution in [0, 0.1) is 5.92 Å². The van der Waals surface area contributed by atoms with Crippen LogP contribution in [0.25, 0.3) is 10.2 Å². The van der Waals surface area contributed by atoms with E-state index in [1.165, 1.54) is 12.1 Å². The zero-order chi connectivity index (χ0) is 22.0. The van der Waals surface area contributed by atoms with E-state index in [1.807, 2.05) is 25.1 Å². The van der Waals surface area contributed by atoms with Crippen molar-refractivity contribution in [3.8, 4) is 5.75 Å². The highest BCUT2D eigenvalue weighted by Crippen LogP contribution is 2.34. The molecule has 1 aliphatic rings. The van der Waals surface area contributed by atoms with Crippen LogP contribution >= 0.6 is 11.3 Å². The van der Waals surface area contributed by atoms with Gasteiger partial charge in [-0.05, 0) is 56.2 Å². The summed E-state index contributed by atoms with van der Waals surface area (Å²) in [7, 11) is 0. The third-order valence-electron chi connectivity index (χ3n) is 5.18. The van der Waals surface area contributed by atoms with Crippen LogP contribution in [0.1, 0.15) is 25.3 Å². The molecule has 3 aromatic rings. The SMILES string of the molecule is CCOc1ccc2nc(N3CCC[C@H](C(=O)Nc4cccc(C(F)(F)F)c4)C3)sc2c1. The van der Waals surface area contributed by atoms with Gasteiger partial charge in [-0.1, -0.05) is 17.4 Å². The van der Waals surface area contributed by atoms with Crippen LogP contribution < -0.4 is 15.0 Å². The Kier molecular flexibility index (Phi) is 6.04. The van der Waals surface area contributed by atoms with E-state index in [0.29, 0.717) is 19.6 Å². The van der Waals surface area contributed by atoms with Crippen LogP contribution in [-0.2, 0) is 11.0 Å². The first-order chi connectivity index (χ1) is 14.8. The molecular weight excluding hydrogens is 427 g/mol. The smallest absolute Gasteiger partial charge is 0.416 e. The Hall–Kier alpha value is -2.81. The van der Waals surface area contributed by atoms with Gasteiger partial charge in [0.25, 0.3) is 0 Å². The molecule has 4 rings (SSSR count). The summed E-state index contributed by atoms with van der Waals surface area (Å²) in [6, 6.07) is 10.5. The summed E-state index contributed by atoms with van der Waals surface area (Å²) < 4.78 is 45.3. The van der Waals surface area contributed by atoms with E-state index >= 15 is 0 Å². The summed E-state index contributed by atoms with van der Waals surface area (Å²) in [5, 5.41) is 3.48. The molecule has 164 valence electrons. The van der Waals surface area contributed by atoms with E-state index in [0.717, 1.165) is 46.2 Å². The molecule has 2 heterocycles. The van der Waals surface area contributed by atoms with Crippen molar-refractivity contribution in [2.24, 2.45) is 5.92 Å². The van der Waals surface area contributed by atoms with Gasteiger partial charge in [0, 0.05) is 18.8 Å². The van der Waals surface area contributed by atoms with Crippen LogP contribution in [0.3, 0.4) is 0 Å². The van der Waals surface area contributed by atoms with Gasteiger partial charge in [0.2, 0.25) is 5.91 Å². The van der Waals surface area contributed by atoms with Crippen LogP contribution in [0.15, 0.2) is 42.5 Å². The van der Waals surface area contributed by atoms with Gasteiger partial charge in [0.1, 0.15) is 5.75 Å². The Morgan fingerprint density at radius 1 is 1.29 bits per heavy atom. The number of nitrogens with zero attached hydrogens (tertiary/aromatic N) is 2. The molecule has 31 heavy (non-hydrogen) atoms. The Balaban J connectivity index is 1.46. The number of carbonyl (C=O) groups excluding carboxylic acids is 1. The molecule has 1 N–H and O–H groups in total. The highest BCUT2D eigenvalue weighted by atomic mass is 32.1. The third-order valence-corrected chi connectivity index (χ3v) is 6.26. The van der Waals surface area contributed by atoms with Crippen molar-refractivity contribution in [3.63, 3.8) is 0 Å². The maximum atomic E-state index is 12.9. The summed E-state index contributed by atoms with van der Waals surface area (Å²) >= 11 is 1.54. The molecule has 0 bridgehead atoms. The molecule has 0 radical (unpaired) electrons. The van der Waals surface area contributed by atoms with Gasteiger partial charge < -0.3 is 15.0 Å². The quantitative estimate of drug-likeness (QED) is 0.553. The lowest BCUT2D eigenvalue weighted by Gasteiger charge is -2.31. The molecule has 1 atom stereocenters. The summed E-state index contributed by atoms with van der Waals surface area (Å²) in [4.78, 5) is 19.5. The molecule has 1 fully saturated rings. The molecule has 0 unspecified atom stereocenters. The minimum absolute atomic E-state index is 0.153. The van der Waals surface area contributed by atoms with Crippen molar-refractivity contribution in [3.05, 3.63) is 48.0 Å². The van der Waals surface area contributed by atoms with Crippen molar-refractivity contribution in [2.45, 2.75) is 25.9 Å². The first kappa shape index (κ1) is 21.4. The largest absolute Gasteiger partial charge is 0.494 e. The molecule has 1 aliphatic heterocycles. The van der Waals surface area contributed by atoms with Gasteiger partial charge in [-0.2, -0.15) is 13.2 Å². The fourth-order valence-corrected chi connectivity index (χ4v) is 4.70. The van der Waals surface area contributed by atoms with Gasteiger partial charge in [0.15, 0.2) is 5.13 Å². The predicted octanol–water partition coefficient (Wildman–Crippen LogP) is 5.57. The number of aromatic nitrogens is 1. The van der Waals surface area contributed by atoms with Crippen LogP contribution in [0.4, 0.5) is 24.0 Å². The average Bonchev–Trinajstić information content (AvgIpc) is 3.17. The highest BCUT2D eigenvalue weighted by Gasteiger charge is 2.31. The monoisotopic (exact) mass is 449 g/mol. The van der Waals surface area contributed by atoms with Crippen molar-refractivity contribution >= 4 is 38.3 Å². The minimum Gasteiger partial charge on any atom is -0.494 e. The van der Waals surface area contributed by atoms with Crippen molar-refractivity contribution in [1.82, 2.24) is 4.98 Å². The second-order valence-electron chi connectivity index (χ2n) is 7.41. The Morgan fingerprint density at radius 3 is 2.90 bits per heavy atom. The number of piperidine rings is 1. The number of hydrogen-bond donors (Lipinski definition) is 1. The zero-order valence-electron chi connectivity index (χ0n) is 16.9. The standard InChI is InChI=1S/C22H22F3N3O2S/c1-2-30-17-8-9-18-19(12-17)31-21(27-18)28-10-4-5-14(13-28)20(29)26-16-7-3-6-15(11-16)22(23,24)25/h3,6-9,11-12,14H,2,4-5,10,13H2,1H3,(H,26,29)/t14-/m0/s1. The zero-order valence-corrected chi connectivity index (χ0v) is 17.7. The van der Waals surface area contributed by atoms with Crippen LogP contribution in [-0.4, -0.2) is 30.6 Å². The van der Waals surface area contributed by atoms with E-state index in [4.69, 9.17) is 4.74 Å². The molecule has 1 amide bonds. The first-order valence-electron chi connectivity index (χ1n) is 10.1. The lowest BCUT2D eigenvalue weighted by atomic mass is 9.97. The molecule has 2 aromatic carbocycles. The van der Waals surface area contributed by atoms with Crippen molar-refractivity contribution < 1.29 is 22.7 Å². The van der Waals surface area contributed by atoms with Gasteiger partial charge >= 0.3 is 6.18 Å². The van der Waals surface area contributed by atoms with Crippen molar-refractivity contribution in [1.29, 1.82) is 0 Å². The second-order valence-corrected chi connectivity index (χ2v) is 8.42. The van der Waals surface area contributed by atoms with Gasteiger partial charge in [-0.15, -0.1) is 0 Å². The minimum atomic E-state index is -4.45. The molecule has 1 saturated heterocycles. The molecule has 0 saturated carbocycles. The molecule has 9 heteroatoms. The summed E-state index contributed by atoms with van der Waals surface area (Å²) in [5.41, 5.74) is 0.246. The molecule has 0 spiro atoms. The molecule has 0 aliphatic carbocycles. The van der Waals surface area contributed by atoms with E-state index in [9.17, 15) is 18.0 Å². The summed E-state index contributed by atoms with van der Waals surface area (Å²) in [6.45, 7) is 3.78. The third kappa shape index (κ3) is 4.92. The van der Waals surface area contributed by atoms with Crippen LogP contribution in [0.2, 0.25) is 0 Å². The second kappa shape index (κ2) is 8.74. The highest BCUT2D eigenvalue weighted by molar-refractivity contribution is 7.22. The lowest BCUT2D eigenvalue weighted by Crippen LogP contribution is -2.40. The molecule has 1 aromatic heterocycles. The van der Waals surface area contributed by atoms with E-state index in [-0.39, 0.29) is 17.5 Å². The summed E-state index contributed by atoms with van der Waals surface area (Å²) in [5.74, 6) is 0.195. The lowest BCUT2D eigenvalue weighted by molar-refractivity contribution is -0.137. The predicted molar refractivity (Wildman–Crippen MR) is 116 cm³/mol.